The fourth-order valence-electron chi connectivity index (χ4n) is 2.22. The second-order valence-corrected chi connectivity index (χ2v) is 5.13. The van der Waals surface area contributed by atoms with Crippen molar-refractivity contribution in [1.29, 1.82) is 0 Å². The van der Waals surface area contributed by atoms with Crippen LogP contribution in [-0.2, 0) is 4.74 Å². The highest BCUT2D eigenvalue weighted by Crippen LogP contribution is 2.29. The van der Waals surface area contributed by atoms with Gasteiger partial charge in [-0.15, -0.1) is 0 Å². The summed E-state index contributed by atoms with van der Waals surface area (Å²) < 4.78 is 5.91. The molecule has 0 saturated carbocycles. The lowest BCUT2D eigenvalue weighted by atomic mass is 9.93. The SMILES string of the molecule is CCNC(c1ccccc1Cl)C(OCC)C(C)C. The van der Waals surface area contributed by atoms with Crippen LogP contribution in [0.1, 0.15) is 39.3 Å². The Morgan fingerprint density at radius 1 is 1.22 bits per heavy atom. The molecule has 0 aliphatic carbocycles. The molecule has 2 nitrogen and oxygen atoms in total. The molecule has 0 bridgehead atoms. The van der Waals surface area contributed by atoms with E-state index in [2.05, 4.69) is 32.2 Å². The Morgan fingerprint density at radius 3 is 2.39 bits per heavy atom. The van der Waals surface area contributed by atoms with Crippen LogP contribution in [0.2, 0.25) is 5.02 Å². The smallest absolute Gasteiger partial charge is 0.0792 e. The Balaban J connectivity index is 3.03. The zero-order valence-corrected chi connectivity index (χ0v) is 12.5. The molecule has 1 aromatic carbocycles. The van der Waals surface area contributed by atoms with Crippen molar-refractivity contribution in [3.8, 4) is 0 Å². The molecule has 1 N–H and O–H groups in total. The first-order chi connectivity index (χ1) is 8.61. The Hall–Kier alpha value is -0.570. The maximum Gasteiger partial charge on any atom is 0.0792 e. The number of rotatable bonds is 7. The largest absolute Gasteiger partial charge is 0.376 e. The number of hydrogen-bond donors (Lipinski definition) is 1. The van der Waals surface area contributed by atoms with E-state index in [0.29, 0.717) is 5.92 Å². The van der Waals surface area contributed by atoms with Crippen LogP contribution in [0, 0.1) is 5.92 Å². The van der Waals surface area contributed by atoms with Crippen LogP contribution in [-0.4, -0.2) is 19.3 Å². The highest BCUT2D eigenvalue weighted by atomic mass is 35.5. The third kappa shape index (κ3) is 3.98. The Bertz CT molecular complexity index is 354. The van der Waals surface area contributed by atoms with E-state index in [1.807, 2.05) is 25.1 Å². The molecular weight excluding hydrogens is 246 g/mol. The monoisotopic (exact) mass is 269 g/mol. The molecule has 0 spiro atoms. The van der Waals surface area contributed by atoms with Crippen molar-refractivity contribution in [3.63, 3.8) is 0 Å². The first-order valence-electron chi connectivity index (χ1n) is 6.71. The minimum absolute atomic E-state index is 0.134. The van der Waals surface area contributed by atoms with Crippen molar-refractivity contribution in [2.24, 2.45) is 5.92 Å². The van der Waals surface area contributed by atoms with Crippen molar-refractivity contribution in [2.45, 2.75) is 39.8 Å². The molecule has 0 amide bonds. The number of hydrogen-bond acceptors (Lipinski definition) is 2. The molecule has 102 valence electrons. The maximum absolute atomic E-state index is 6.31. The van der Waals surface area contributed by atoms with E-state index in [4.69, 9.17) is 16.3 Å². The summed E-state index contributed by atoms with van der Waals surface area (Å²) in [6, 6.07) is 8.13. The first-order valence-corrected chi connectivity index (χ1v) is 7.09. The quantitative estimate of drug-likeness (QED) is 0.806. The second kappa shape index (κ2) is 7.78. The third-order valence-electron chi connectivity index (χ3n) is 3.01. The van der Waals surface area contributed by atoms with Gasteiger partial charge in [0.1, 0.15) is 0 Å². The van der Waals surface area contributed by atoms with Crippen molar-refractivity contribution in [3.05, 3.63) is 34.9 Å². The molecule has 0 aromatic heterocycles. The van der Waals surface area contributed by atoms with Gasteiger partial charge in [-0.25, -0.2) is 0 Å². The summed E-state index contributed by atoms with van der Waals surface area (Å²) in [4.78, 5) is 0. The van der Waals surface area contributed by atoms with Gasteiger partial charge in [-0.2, -0.15) is 0 Å². The molecule has 2 atom stereocenters. The van der Waals surface area contributed by atoms with Crippen LogP contribution in [0.25, 0.3) is 0 Å². The molecule has 0 aliphatic heterocycles. The van der Waals surface area contributed by atoms with Gasteiger partial charge in [0, 0.05) is 11.6 Å². The van der Waals surface area contributed by atoms with E-state index in [9.17, 15) is 0 Å². The third-order valence-corrected chi connectivity index (χ3v) is 3.35. The summed E-state index contributed by atoms with van der Waals surface area (Å²) in [7, 11) is 0. The standard InChI is InChI=1S/C15H24ClNO/c1-5-17-14(15(11(3)4)18-6-2)12-9-7-8-10-13(12)16/h7-11,14-15,17H,5-6H2,1-4H3. The van der Waals surface area contributed by atoms with Gasteiger partial charge in [-0.1, -0.05) is 50.6 Å². The molecule has 0 saturated heterocycles. The lowest BCUT2D eigenvalue weighted by molar-refractivity contribution is 0.00320. The van der Waals surface area contributed by atoms with Crippen LogP contribution < -0.4 is 5.32 Å². The normalized spacial score (nSPS) is 14.8. The van der Waals surface area contributed by atoms with Gasteiger partial charge < -0.3 is 10.1 Å². The maximum atomic E-state index is 6.31. The van der Waals surface area contributed by atoms with E-state index in [0.717, 1.165) is 23.7 Å². The number of benzene rings is 1. The minimum Gasteiger partial charge on any atom is -0.376 e. The summed E-state index contributed by atoms with van der Waals surface area (Å²) in [6.07, 6.45) is 0.134. The molecule has 18 heavy (non-hydrogen) atoms. The second-order valence-electron chi connectivity index (χ2n) is 4.72. The zero-order valence-electron chi connectivity index (χ0n) is 11.7. The summed E-state index contributed by atoms with van der Waals surface area (Å²) in [6.45, 7) is 10.1. The molecule has 2 unspecified atom stereocenters. The van der Waals surface area contributed by atoms with Crippen LogP contribution in [0.15, 0.2) is 24.3 Å². The van der Waals surface area contributed by atoms with Gasteiger partial charge in [0.15, 0.2) is 0 Å². The van der Waals surface area contributed by atoms with Crippen molar-refractivity contribution in [1.82, 2.24) is 5.32 Å². The van der Waals surface area contributed by atoms with Crippen molar-refractivity contribution in [2.75, 3.05) is 13.2 Å². The Labute approximate surface area is 116 Å². The fraction of sp³-hybridized carbons (Fsp3) is 0.600. The molecular formula is C15H24ClNO. The predicted octanol–water partition coefficient (Wildman–Crippen LogP) is 4.05. The zero-order chi connectivity index (χ0) is 13.5. The molecule has 0 radical (unpaired) electrons. The predicted molar refractivity (Wildman–Crippen MR) is 78.1 cm³/mol. The topological polar surface area (TPSA) is 21.3 Å². The highest BCUT2D eigenvalue weighted by molar-refractivity contribution is 6.31. The summed E-state index contributed by atoms with van der Waals surface area (Å²) in [5.41, 5.74) is 1.12. The molecule has 1 aromatic rings. The first kappa shape index (κ1) is 15.5. The van der Waals surface area contributed by atoms with E-state index >= 15 is 0 Å². The molecule has 1 rings (SSSR count). The van der Waals surface area contributed by atoms with Gasteiger partial charge in [0.2, 0.25) is 0 Å². The van der Waals surface area contributed by atoms with E-state index in [-0.39, 0.29) is 12.1 Å². The van der Waals surface area contributed by atoms with Crippen LogP contribution in [0.5, 0.6) is 0 Å². The fourth-order valence-corrected chi connectivity index (χ4v) is 2.47. The number of likely N-dealkylation sites (N-methyl/N-ethyl adjacent to an activating group) is 1. The van der Waals surface area contributed by atoms with Gasteiger partial charge in [-0.05, 0) is 31.0 Å². The summed E-state index contributed by atoms with van der Waals surface area (Å²) in [5.74, 6) is 0.435. The number of nitrogens with one attached hydrogen (secondary N) is 1. The van der Waals surface area contributed by atoms with Gasteiger partial charge in [-0.3, -0.25) is 0 Å². The van der Waals surface area contributed by atoms with Gasteiger partial charge in [0.25, 0.3) is 0 Å². The van der Waals surface area contributed by atoms with E-state index in [1.165, 1.54) is 0 Å². The number of halogens is 1. The lowest BCUT2D eigenvalue weighted by Crippen LogP contribution is -2.37. The average molecular weight is 270 g/mol. The Morgan fingerprint density at radius 2 is 1.89 bits per heavy atom. The molecule has 3 heteroatoms. The van der Waals surface area contributed by atoms with Gasteiger partial charge in [0.05, 0.1) is 12.1 Å². The van der Waals surface area contributed by atoms with Crippen LogP contribution >= 0.6 is 11.6 Å². The van der Waals surface area contributed by atoms with Gasteiger partial charge >= 0.3 is 0 Å². The van der Waals surface area contributed by atoms with Crippen molar-refractivity contribution < 1.29 is 4.74 Å². The minimum atomic E-state index is 0.134. The molecule has 0 heterocycles. The van der Waals surface area contributed by atoms with Crippen LogP contribution in [0.4, 0.5) is 0 Å². The van der Waals surface area contributed by atoms with E-state index in [1.54, 1.807) is 0 Å². The average Bonchev–Trinajstić information content (AvgIpc) is 2.34. The Kier molecular flexibility index (Phi) is 6.69. The lowest BCUT2D eigenvalue weighted by Gasteiger charge is -2.31. The van der Waals surface area contributed by atoms with Crippen molar-refractivity contribution >= 4 is 11.6 Å². The molecule has 0 fully saturated rings. The highest BCUT2D eigenvalue weighted by Gasteiger charge is 2.27. The van der Waals surface area contributed by atoms with Crippen LogP contribution in [0.3, 0.4) is 0 Å². The summed E-state index contributed by atoms with van der Waals surface area (Å²) in [5, 5.41) is 4.30. The van der Waals surface area contributed by atoms with E-state index < -0.39 is 0 Å². The molecule has 0 aliphatic rings. The number of ether oxygens (including phenoxy) is 1. The summed E-state index contributed by atoms with van der Waals surface area (Å²) >= 11 is 6.31.